The Morgan fingerprint density at radius 1 is 1.15 bits per heavy atom. The lowest BCUT2D eigenvalue weighted by Crippen LogP contribution is -2.69. The van der Waals surface area contributed by atoms with Crippen molar-refractivity contribution in [1.82, 2.24) is 20.5 Å². The summed E-state index contributed by atoms with van der Waals surface area (Å²) in [6.07, 6.45) is -2.88. The molecule has 1 aliphatic rings. The molecule has 0 unspecified atom stereocenters. The monoisotopic (exact) mass is 378 g/mol. The highest BCUT2D eigenvalue weighted by Gasteiger charge is 2.68. The predicted octanol–water partition coefficient (Wildman–Crippen LogP) is 1.82. The number of pyridine rings is 1. The molecule has 2 aromatic rings. The number of halogens is 3. The summed E-state index contributed by atoms with van der Waals surface area (Å²) in [5.74, 6) is -2.81. The van der Waals surface area contributed by atoms with Crippen LogP contribution in [0.25, 0.3) is 0 Å². The molecule has 27 heavy (non-hydrogen) atoms. The van der Waals surface area contributed by atoms with E-state index in [1.807, 2.05) is 0 Å². The maximum atomic E-state index is 13.7. The van der Waals surface area contributed by atoms with Gasteiger partial charge in [-0.3, -0.25) is 24.8 Å². The third kappa shape index (κ3) is 3.33. The molecule has 2 heterocycles. The second-order valence-electron chi connectivity index (χ2n) is 5.75. The molecule has 1 aliphatic heterocycles. The molecule has 0 aliphatic carbocycles. The Bertz CT molecular complexity index is 874. The number of aromatic nitrogens is 1. The normalized spacial score (nSPS) is 19.7. The van der Waals surface area contributed by atoms with Crippen molar-refractivity contribution in [1.29, 1.82) is 0 Å². The fourth-order valence-electron chi connectivity index (χ4n) is 2.57. The molecule has 10 heteroatoms. The van der Waals surface area contributed by atoms with E-state index >= 15 is 0 Å². The van der Waals surface area contributed by atoms with E-state index in [4.69, 9.17) is 0 Å². The van der Waals surface area contributed by atoms with Crippen LogP contribution in [0, 0.1) is 0 Å². The van der Waals surface area contributed by atoms with Crippen LogP contribution in [0.15, 0.2) is 54.9 Å². The zero-order valence-corrected chi connectivity index (χ0v) is 13.7. The van der Waals surface area contributed by atoms with Crippen molar-refractivity contribution < 1.29 is 27.6 Å². The first-order valence-corrected chi connectivity index (χ1v) is 7.72. The van der Waals surface area contributed by atoms with E-state index in [9.17, 15) is 27.6 Å². The number of rotatable bonds is 4. The lowest BCUT2D eigenvalue weighted by molar-refractivity contribution is -0.200. The first kappa shape index (κ1) is 18.4. The number of urea groups is 1. The summed E-state index contributed by atoms with van der Waals surface area (Å²) >= 11 is 0. The number of nitrogens with zero attached hydrogens (tertiary/aromatic N) is 2. The van der Waals surface area contributed by atoms with Crippen LogP contribution < -0.4 is 10.6 Å². The zero-order valence-electron chi connectivity index (χ0n) is 13.7. The van der Waals surface area contributed by atoms with Gasteiger partial charge in [-0.25, -0.2) is 4.79 Å². The van der Waals surface area contributed by atoms with Crippen LogP contribution >= 0.6 is 0 Å². The Morgan fingerprint density at radius 3 is 2.44 bits per heavy atom. The molecule has 0 bridgehead atoms. The van der Waals surface area contributed by atoms with E-state index in [-0.39, 0.29) is 12.1 Å². The van der Waals surface area contributed by atoms with E-state index < -0.39 is 29.7 Å². The fraction of sp³-hybridized carbons (Fsp3) is 0.176. The Kier molecular flexibility index (Phi) is 4.56. The standard InChI is InChI=1S/C17H13F3N4O3/c18-17(19,20)16(22-13(25)12-7-4-8-21-9-12)14(26)24(15(27)23-16)10-11-5-2-1-3-6-11/h1-9H,10H2,(H,22,25)(H,23,27)/t16-/m1/s1. The van der Waals surface area contributed by atoms with Crippen LogP contribution in [0.2, 0.25) is 0 Å². The molecule has 3 rings (SSSR count). The van der Waals surface area contributed by atoms with Gasteiger partial charge in [-0.1, -0.05) is 30.3 Å². The maximum Gasteiger partial charge on any atom is 0.440 e. The SMILES string of the molecule is O=C(N[C@@]1(C(F)(F)F)NC(=O)N(Cc2ccccc2)C1=O)c1cccnc1. The van der Waals surface area contributed by atoms with Gasteiger partial charge in [-0.2, -0.15) is 13.2 Å². The molecule has 1 fully saturated rings. The highest BCUT2D eigenvalue weighted by atomic mass is 19.4. The van der Waals surface area contributed by atoms with Gasteiger partial charge in [0, 0.05) is 12.4 Å². The second-order valence-corrected chi connectivity index (χ2v) is 5.75. The summed E-state index contributed by atoms with van der Waals surface area (Å²) in [4.78, 5) is 40.9. The summed E-state index contributed by atoms with van der Waals surface area (Å²) in [5, 5.41) is 3.21. The molecular formula is C17H13F3N4O3. The zero-order chi connectivity index (χ0) is 19.7. The maximum absolute atomic E-state index is 13.7. The van der Waals surface area contributed by atoms with Crippen LogP contribution in [0.5, 0.6) is 0 Å². The fourth-order valence-corrected chi connectivity index (χ4v) is 2.57. The number of benzene rings is 1. The summed E-state index contributed by atoms with van der Waals surface area (Å²) in [7, 11) is 0. The van der Waals surface area contributed by atoms with E-state index in [0.717, 1.165) is 6.20 Å². The minimum absolute atomic E-state index is 0.190. The van der Waals surface area contributed by atoms with Gasteiger partial charge in [-0.15, -0.1) is 0 Å². The van der Waals surface area contributed by atoms with Crippen LogP contribution in [0.1, 0.15) is 15.9 Å². The molecule has 1 atom stereocenters. The van der Waals surface area contributed by atoms with Crippen molar-refractivity contribution in [3.05, 3.63) is 66.0 Å². The Hall–Kier alpha value is -3.43. The summed E-state index contributed by atoms with van der Waals surface area (Å²) in [6.45, 7) is -0.369. The van der Waals surface area contributed by atoms with Crippen molar-refractivity contribution in [2.45, 2.75) is 18.4 Å². The smallest absolute Gasteiger partial charge is 0.314 e. The molecule has 0 spiro atoms. The molecule has 4 amide bonds. The lowest BCUT2D eigenvalue weighted by Gasteiger charge is -2.29. The molecule has 1 saturated heterocycles. The van der Waals surface area contributed by atoms with Gasteiger partial charge >= 0.3 is 12.2 Å². The summed E-state index contributed by atoms with van der Waals surface area (Å²) in [5.41, 5.74) is -3.28. The number of hydrogen-bond acceptors (Lipinski definition) is 4. The summed E-state index contributed by atoms with van der Waals surface area (Å²) in [6, 6.07) is 9.37. The first-order chi connectivity index (χ1) is 12.7. The number of alkyl halides is 3. The number of nitrogens with one attached hydrogen (secondary N) is 2. The highest BCUT2D eigenvalue weighted by Crippen LogP contribution is 2.34. The number of carbonyl (C=O) groups is 3. The van der Waals surface area contributed by atoms with Crippen LogP contribution in [-0.2, 0) is 11.3 Å². The average Bonchev–Trinajstić information content (AvgIpc) is 2.88. The third-order valence-corrected chi connectivity index (χ3v) is 3.94. The van der Waals surface area contributed by atoms with Crippen molar-refractivity contribution in [2.24, 2.45) is 0 Å². The van der Waals surface area contributed by atoms with Crippen molar-refractivity contribution >= 4 is 17.8 Å². The molecule has 0 radical (unpaired) electrons. The van der Waals surface area contributed by atoms with Gasteiger partial charge in [0.2, 0.25) is 0 Å². The van der Waals surface area contributed by atoms with E-state index in [0.29, 0.717) is 10.5 Å². The Labute approximate surface area is 151 Å². The topological polar surface area (TPSA) is 91.4 Å². The Balaban J connectivity index is 1.92. The van der Waals surface area contributed by atoms with E-state index in [1.54, 1.807) is 41.0 Å². The van der Waals surface area contributed by atoms with Gasteiger partial charge in [0.05, 0.1) is 12.1 Å². The number of imide groups is 1. The van der Waals surface area contributed by atoms with Gasteiger partial charge in [0.25, 0.3) is 17.5 Å². The molecule has 140 valence electrons. The summed E-state index contributed by atoms with van der Waals surface area (Å²) < 4.78 is 41.2. The predicted molar refractivity (Wildman–Crippen MR) is 86.0 cm³/mol. The molecule has 7 nitrogen and oxygen atoms in total. The van der Waals surface area contributed by atoms with Crippen molar-refractivity contribution in [2.75, 3.05) is 0 Å². The first-order valence-electron chi connectivity index (χ1n) is 7.72. The minimum atomic E-state index is -5.26. The molecule has 1 aromatic carbocycles. The van der Waals surface area contributed by atoms with Gasteiger partial charge in [-0.05, 0) is 17.7 Å². The number of carbonyl (C=O) groups excluding carboxylic acids is 3. The minimum Gasteiger partial charge on any atom is -0.314 e. The lowest BCUT2D eigenvalue weighted by atomic mass is 10.1. The van der Waals surface area contributed by atoms with Gasteiger partial charge < -0.3 is 5.32 Å². The van der Waals surface area contributed by atoms with Crippen LogP contribution in [-0.4, -0.2) is 39.6 Å². The molecular weight excluding hydrogens is 365 g/mol. The van der Waals surface area contributed by atoms with Gasteiger partial charge in [0.15, 0.2) is 0 Å². The highest BCUT2D eigenvalue weighted by molar-refractivity contribution is 6.10. The van der Waals surface area contributed by atoms with E-state index in [2.05, 4.69) is 4.98 Å². The molecule has 1 aromatic heterocycles. The Morgan fingerprint density at radius 2 is 1.85 bits per heavy atom. The van der Waals surface area contributed by atoms with Crippen LogP contribution in [0.3, 0.4) is 0 Å². The average molecular weight is 378 g/mol. The number of amides is 4. The van der Waals surface area contributed by atoms with Crippen molar-refractivity contribution in [3.63, 3.8) is 0 Å². The van der Waals surface area contributed by atoms with E-state index in [1.165, 1.54) is 18.3 Å². The van der Waals surface area contributed by atoms with Crippen molar-refractivity contribution in [3.8, 4) is 0 Å². The third-order valence-electron chi connectivity index (χ3n) is 3.94. The molecule has 2 N–H and O–H groups in total. The quantitative estimate of drug-likeness (QED) is 0.794. The largest absolute Gasteiger partial charge is 0.440 e. The second kappa shape index (κ2) is 6.71. The number of hydrogen-bond donors (Lipinski definition) is 2. The molecule has 0 saturated carbocycles. The van der Waals surface area contributed by atoms with Gasteiger partial charge in [0.1, 0.15) is 0 Å². The van der Waals surface area contributed by atoms with Crippen LogP contribution in [0.4, 0.5) is 18.0 Å².